The molecule has 0 spiro atoms. The molecule has 0 radical (unpaired) electrons. The van der Waals surface area contributed by atoms with Gasteiger partial charge in [0.15, 0.2) is 0 Å². The average Bonchev–Trinajstić information content (AvgIpc) is 2.81. The van der Waals surface area contributed by atoms with E-state index in [2.05, 4.69) is 4.74 Å². The SMILES string of the molecule is CC(C)(C)OC(=O)[C@@H]1CCCN1C(=O)CCOCC(F)F. The molecule has 0 aromatic heterocycles. The van der Waals surface area contributed by atoms with Gasteiger partial charge in [0.25, 0.3) is 6.43 Å². The summed E-state index contributed by atoms with van der Waals surface area (Å²) in [7, 11) is 0. The van der Waals surface area contributed by atoms with Crippen LogP contribution in [-0.2, 0) is 19.1 Å². The van der Waals surface area contributed by atoms with Crippen molar-refractivity contribution < 1.29 is 27.8 Å². The summed E-state index contributed by atoms with van der Waals surface area (Å²) in [6.07, 6.45) is -1.25. The van der Waals surface area contributed by atoms with E-state index in [1.165, 1.54) is 4.90 Å². The molecule has 1 heterocycles. The second-order valence-corrected chi connectivity index (χ2v) is 5.99. The molecule has 7 heteroatoms. The van der Waals surface area contributed by atoms with E-state index in [-0.39, 0.29) is 18.9 Å². The molecule has 122 valence electrons. The highest BCUT2D eigenvalue weighted by Gasteiger charge is 2.36. The fraction of sp³-hybridized carbons (Fsp3) is 0.857. The van der Waals surface area contributed by atoms with E-state index in [4.69, 9.17) is 4.74 Å². The maximum absolute atomic E-state index is 12.0. The van der Waals surface area contributed by atoms with Gasteiger partial charge in [0.2, 0.25) is 5.91 Å². The summed E-state index contributed by atoms with van der Waals surface area (Å²) in [4.78, 5) is 25.5. The Morgan fingerprint density at radius 3 is 2.57 bits per heavy atom. The molecular formula is C14H23F2NO4. The summed E-state index contributed by atoms with van der Waals surface area (Å²) in [6, 6.07) is -0.577. The second kappa shape index (κ2) is 7.68. The Hall–Kier alpha value is -1.24. The minimum Gasteiger partial charge on any atom is -0.458 e. The van der Waals surface area contributed by atoms with Crippen LogP contribution in [0.3, 0.4) is 0 Å². The van der Waals surface area contributed by atoms with Crippen LogP contribution in [0.2, 0.25) is 0 Å². The Morgan fingerprint density at radius 2 is 2.00 bits per heavy atom. The molecule has 0 aromatic carbocycles. The fourth-order valence-corrected chi connectivity index (χ4v) is 2.16. The maximum atomic E-state index is 12.0. The van der Waals surface area contributed by atoms with Gasteiger partial charge in [0, 0.05) is 6.54 Å². The molecule has 1 atom stereocenters. The van der Waals surface area contributed by atoms with Crippen molar-refractivity contribution in [3.63, 3.8) is 0 Å². The van der Waals surface area contributed by atoms with Crippen molar-refractivity contribution in [3.8, 4) is 0 Å². The van der Waals surface area contributed by atoms with Gasteiger partial charge < -0.3 is 14.4 Å². The van der Waals surface area contributed by atoms with Crippen molar-refractivity contribution in [2.75, 3.05) is 19.8 Å². The zero-order valence-electron chi connectivity index (χ0n) is 12.7. The summed E-state index contributed by atoms with van der Waals surface area (Å²) in [5.74, 6) is -0.681. The van der Waals surface area contributed by atoms with Gasteiger partial charge in [0.05, 0.1) is 13.0 Å². The molecule has 1 aliphatic heterocycles. The van der Waals surface area contributed by atoms with Crippen LogP contribution in [0.4, 0.5) is 8.78 Å². The maximum Gasteiger partial charge on any atom is 0.329 e. The Labute approximate surface area is 123 Å². The number of carbonyl (C=O) groups is 2. The standard InChI is InChI=1S/C14H23F2NO4/c1-14(2,3)21-13(19)10-5-4-7-17(10)12(18)6-8-20-9-11(15)16/h10-11H,4-9H2,1-3H3/t10-/m0/s1. The summed E-state index contributed by atoms with van der Waals surface area (Å²) in [6.45, 7) is 5.04. The predicted octanol–water partition coefficient (Wildman–Crippen LogP) is 1.99. The molecule has 0 saturated carbocycles. The number of amides is 1. The third-order valence-electron chi connectivity index (χ3n) is 2.96. The lowest BCUT2D eigenvalue weighted by atomic mass is 10.1. The van der Waals surface area contributed by atoms with E-state index in [9.17, 15) is 18.4 Å². The van der Waals surface area contributed by atoms with Gasteiger partial charge in [-0.1, -0.05) is 0 Å². The van der Waals surface area contributed by atoms with Crippen LogP contribution in [-0.4, -0.2) is 54.6 Å². The Kier molecular flexibility index (Phi) is 6.51. The number of hydrogen-bond donors (Lipinski definition) is 0. The van der Waals surface area contributed by atoms with Gasteiger partial charge >= 0.3 is 5.97 Å². The first-order chi connectivity index (χ1) is 9.70. The molecule has 1 aliphatic rings. The number of nitrogens with zero attached hydrogens (tertiary/aromatic N) is 1. The molecule has 0 bridgehead atoms. The monoisotopic (exact) mass is 307 g/mol. The minimum absolute atomic E-state index is 0.00792. The van der Waals surface area contributed by atoms with E-state index in [0.717, 1.165) is 6.42 Å². The van der Waals surface area contributed by atoms with Gasteiger partial charge in [-0.15, -0.1) is 0 Å². The molecule has 1 amide bonds. The lowest BCUT2D eigenvalue weighted by molar-refractivity contribution is -0.163. The molecule has 1 fully saturated rings. The Bertz CT molecular complexity index is 368. The van der Waals surface area contributed by atoms with Crippen LogP contribution in [0.5, 0.6) is 0 Å². The first kappa shape index (κ1) is 17.8. The van der Waals surface area contributed by atoms with Crippen LogP contribution < -0.4 is 0 Å². The highest BCUT2D eigenvalue weighted by Crippen LogP contribution is 2.21. The Balaban J connectivity index is 2.45. The minimum atomic E-state index is -2.54. The van der Waals surface area contributed by atoms with E-state index in [1.807, 2.05) is 0 Å². The number of hydrogen-bond acceptors (Lipinski definition) is 4. The number of ether oxygens (including phenoxy) is 2. The zero-order valence-corrected chi connectivity index (χ0v) is 12.7. The smallest absolute Gasteiger partial charge is 0.329 e. The molecule has 0 unspecified atom stereocenters. The van der Waals surface area contributed by atoms with E-state index in [1.54, 1.807) is 20.8 Å². The van der Waals surface area contributed by atoms with Gasteiger partial charge in [-0.05, 0) is 33.6 Å². The number of rotatable bonds is 6. The van der Waals surface area contributed by atoms with Gasteiger partial charge in [0.1, 0.15) is 18.2 Å². The number of carbonyl (C=O) groups excluding carboxylic acids is 2. The number of alkyl halides is 2. The lowest BCUT2D eigenvalue weighted by Gasteiger charge is -2.27. The third kappa shape index (κ3) is 6.37. The number of halogens is 2. The molecule has 21 heavy (non-hydrogen) atoms. The first-order valence-electron chi connectivity index (χ1n) is 7.09. The number of likely N-dealkylation sites (tertiary alicyclic amines) is 1. The van der Waals surface area contributed by atoms with Crippen molar-refractivity contribution in [1.82, 2.24) is 4.90 Å². The number of esters is 1. The molecule has 0 aliphatic carbocycles. The summed E-state index contributed by atoms with van der Waals surface area (Å²) in [5, 5.41) is 0. The van der Waals surface area contributed by atoms with E-state index in [0.29, 0.717) is 13.0 Å². The molecule has 0 N–H and O–H groups in total. The predicted molar refractivity (Wildman–Crippen MR) is 72.0 cm³/mol. The average molecular weight is 307 g/mol. The molecule has 5 nitrogen and oxygen atoms in total. The zero-order chi connectivity index (χ0) is 16.0. The van der Waals surface area contributed by atoms with Gasteiger partial charge in [-0.25, -0.2) is 13.6 Å². The summed E-state index contributed by atoms with van der Waals surface area (Å²) >= 11 is 0. The second-order valence-electron chi connectivity index (χ2n) is 5.99. The fourth-order valence-electron chi connectivity index (χ4n) is 2.16. The molecule has 0 aromatic rings. The van der Waals surface area contributed by atoms with Crippen molar-refractivity contribution in [2.45, 2.75) is 58.1 Å². The van der Waals surface area contributed by atoms with E-state index >= 15 is 0 Å². The van der Waals surface area contributed by atoms with Crippen LogP contribution in [0, 0.1) is 0 Å². The van der Waals surface area contributed by atoms with Gasteiger partial charge in [-0.3, -0.25) is 4.79 Å². The normalized spacial score (nSPS) is 19.1. The first-order valence-corrected chi connectivity index (χ1v) is 7.09. The summed E-state index contributed by atoms with van der Waals surface area (Å²) in [5.41, 5.74) is -0.602. The van der Waals surface area contributed by atoms with Crippen molar-refractivity contribution >= 4 is 11.9 Å². The van der Waals surface area contributed by atoms with Crippen molar-refractivity contribution in [1.29, 1.82) is 0 Å². The van der Waals surface area contributed by atoms with Crippen LogP contribution >= 0.6 is 0 Å². The van der Waals surface area contributed by atoms with Crippen molar-refractivity contribution in [3.05, 3.63) is 0 Å². The topological polar surface area (TPSA) is 55.8 Å². The highest BCUT2D eigenvalue weighted by molar-refractivity contribution is 5.85. The van der Waals surface area contributed by atoms with Gasteiger partial charge in [-0.2, -0.15) is 0 Å². The molecule has 1 rings (SSSR count). The largest absolute Gasteiger partial charge is 0.458 e. The lowest BCUT2D eigenvalue weighted by Crippen LogP contribution is -2.43. The highest BCUT2D eigenvalue weighted by atomic mass is 19.3. The van der Waals surface area contributed by atoms with Crippen LogP contribution in [0.1, 0.15) is 40.0 Å². The van der Waals surface area contributed by atoms with E-state index < -0.39 is 30.6 Å². The quantitative estimate of drug-likeness (QED) is 0.556. The molecule has 1 saturated heterocycles. The van der Waals surface area contributed by atoms with Crippen LogP contribution in [0.15, 0.2) is 0 Å². The van der Waals surface area contributed by atoms with Crippen molar-refractivity contribution in [2.24, 2.45) is 0 Å². The summed E-state index contributed by atoms with van der Waals surface area (Å²) < 4.78 is 33.8. The Morgan fingerprint density at radius 1 is 1.33 bits per heavy atom. The van der Waals surface area contributed by atoms with Crippen LogP contribution in [0.25, 0.3) is 0 Å². The molecular weight excluding hydrogens is 284 g/mol. The third-order valence-corrected chi connectivity index (χ3v) is 2.96.